The molecule has 2 fully saturated rings. The van der Waals surface area contributed by atoms with Crippen LogP contribution in [0.2, 0.25) is 0 Å². The van der Waals surface area contributed by atoms with Crippen LogP contribution in [0.1, 0.15) is 5.69 Å². The van der Waals surface area contributed by atoms with Crippen molar-refractivity contribution in [2.75, 3.05) is 24.5 Å². The van der Waals surface area contributed by atoms with Gasteiger partial charge in [-0.3, -0.25) is 14.3 Å². The fourth-order valence-electron chi connectivity index (χ4n) is 4.23. The smallest absolute Gasteiger partial charge is 0.232 e. The second-order valence-electron chi connectivity index (χ2n) is 7.34. The van der Waals surface area contributed by atoms with Crippen LogP contribution in [0.3, 0.4) is 0 Å². The summed E-state index contributed by atoms with van der Waals surface area (Å²) in [6.07, 6.45) is 7.53. The van der Waals surface area contributed by atoms with E-state index in [0.29, 0.717) is 26.1 Å². The summed E-state index contributed by atoms with van der Waals surface area (Å²) in [5.41, 5.74) is 2.54. The number of hydrogen-bond donors (Lipinski definition) is 0. The van der Waals surface area contributed by atoms with Crippen LogP contribution in [-0.4, -0.2) is 55.5 Å². The number of carbonyl (C=O) groups is 2. The molecule has 8 nitrogen and oxygen atoms in total. The van der Waals surface area contributed by atoms with Crippen LogP contribution in [0, 0.1) is 11.8 Å². The predicted molar refractivity (Wildman–Crippen MR) is 98.0 cm³/mol. The van der Waals surface area contributed by atoms with E-state index in [-0.39, 0.29) is 23.7 Å². The molecule has 2 aliphatic heterocycles. The lowest BCUT2D eigenvalue weighted by atomic mass is 10.0. The number of carbonyl (C=O) groups excluding carboxylic acids is 2. The van der Waals surface area contributed by atoms with Crippen LogP contribution in [0.25, 0.3) is 5.65 Å². The van der Waals surface area contributed by atoms with E-state index in [0.717, 1.165) is 17.0 Å². The molecule has 2 atom stereocenters. The molecule has 8 heteroatoms. The zero-order chi connectivity index (χ0) is 18.5. The molecular weight excluding hydrogens is 344 g/mol. The van der Waals surface area contributed by atoms with Crippen molar-refractivity contribution < 1.29 is 9.59 Å². The molecule has 3 aromatic rings. The number of fused-ring (bicyclic) bond motifs is 2. The van der Waals surface area contributed by atoms with E-state index < -0.39 is 0 Å². The summed E-state index contributed by atoms with van der Waals surface area (Å²) in [7, 11) is 1.84. The van der Waals surface area contributed by atoms with E-state index in [2.05, 4.69) is 10.1 Å². The molecule has 27 heavy (non-hydrogen) atoms. The summed E-state index contributed by atoms with van der Waals surface area (Å²) in [6.45, 7) is 1.77. The van der Waals surface area contributed by atoms with Gasteiger partial charge in [-0.15, -0.1) is 0 Å². The van der Waals surface area contributed by atoms with Gasteiger partial charge in [-0.25, -0.2) is 4.98 Å². The maximum Gasteiger partial charge on any atom is 0.232 e. The Morgan fingerprint density at radius 2 is 2.11 bits per heavy atom. The second kappa shape index (κ2) is 5.94. The largest absolute Gasteiger partial charge is 0.341 e. The fourth-order valence-corrected chi connectivity index (χ4v) is 4.23. The summed E-state index contributed by atoms with van der Waals surface area (Å²) in [5.74, 6) is 0.217. The molecule has 0 unspecified atom stereocenters. The number of hydrogen-bond acceptors (Lipinski definition) is 4. The molecule has 2 saturated heterocycles. The first-order valence-electron chi connectivity index (χ1n) is 9.09. The number of amides is 2. The molecule has 5 rings (SSSR count). The van der Waals surface area contributed by atoms with Gasteiger partial charge in [0, 0.05) is 51.2 Å². The minimum atomic E-state index is -0.114. The first-order chi connectivity index (χ1) is 13.1. The summed E-state index contributed by atoms with van der Waals surface area (Å²) < 4.78 is 3.63. The lowest BCUT2D eigenvalue weighted by Gasteiger charge is -2.21. The molecule has 0 aromatic carbocycles. The van der Waals surface area contributed by atoms with Crippen molar-refractivity contribution in [3.05, 3.63) is 48.7 Å². The van der Waals surface area contributed by atoms with Gasteiger partial charge in [0.1, 0.15) is 5.65 Å². The normalized spacial score (nSPS) is 22.0. The summed E-state index contributed by atoms with van der Waals surface area (Å²) >= 11 is 0. The highest BCUT2D eigenvalue weighted by Gasteiger charge is 2.47. The van der Waals surface area contributed by atoms with Gasteiger partial charge in [0.25, 0.3) is 0 Å². The predicted octanol–water partition coefficient (Wildman–Crippen LogP) is 0.732. The third kappa shape index (κ3) is 2.59. The number of aryl methyl sites for hydroxylation is 1. The van der Waals surface area contributed by atoms with Crippen molar-refractivity contribution in [1.29, 1.82) is 0 Å². The van der Waals surface area contributed by atoms with Gasteiger partial charge in [-0.1, -0.05) is 6.07 Å². The van der Waals surface area contributed by atoms with Gasteiger partial charge in [0.05, 0.1) is 29.9 Å². The summed E-state index contributed by atoms with van der Waals surface area (Å²) in [4.78, 5) is 33.6. The topological polar surface area (TPSA) is 75.7 Å². The monoisotopic (exact) mass is 364 g/mol. The second-order valence-corrected chi connectivity index (χ2v) is 7.34. The molecule has 138 valence electrons. The van der Waals surface area contributed by atoms with Crippen LogP contribution in [0.4, 0.5) is 5.69 Å². The van der Waals surface area contributed by atoms with Crippen LogP contribution < -0.4 is 4.90 Å². The first kappa shape index (κ1) is 16.0. The quantitative estimate of drug-likeness (QED) is 0.687. The molecular formula is C19H20N6O2. The Hall–Kier alpha value is -3.16. The van der Waals surface area contributed by atoms with E-state index >= 15 is 0 Å². The molecule has 0 radical (unpaired) electrons. The lowest BCUT2D eigenvalue weighted by Crippen LogP contribution is -2.36. The van der Waals surface area contributed by atoms with Crippen LogP contribution in [-0.2, 0) is 23.1 Å². The van der Waals surface area contributed by atoms with Crippen molar-refractivity contribution in [3.8, 4) is 0 Å². The van der Waals surface area contributed by atoms with Gasteiger partial charge < -0.3 is 14.2 Å². The van der Waals surface area contributed by atoms with Crippen molar-refractivity contribution in [2.45, 2.75) is 6.42 Å². The van der Waals surface area contributed by atoms with Gasteiger partial charge in [-0.05, 0) is 12.1 Å². The van der Waals surface area contributed by atoms with Crippen LogP contribution >= 0.6 is 0 Å². The average molecular weight is 364 g/mol. The molecule has 2 aliphatic rings. The maximum atomic E-state index is 12.8. The zero-order valence-electron chi connectivity index (χ0n) is 15.0. The van der Waals surface area contributed by atoms with Crippen LogP contribution in [0.15, 0.2) is 43.0 Å². The number of aromatic nitrogens is 4. The summed E-state index contributed by atoms with van der Waals surface area (Å²) in [5, 5.41) is 4.15. The average Bonchev–Trinajstić information content (AvgIpc) is 3.41. The zero-order valence-corrected chi connectivity index (χ0v) is 15.0. The maximum absolute atomic E-state index is 12.8. The van der Waals surface area contributed by atoms with E-state index in [1.165, 1.54) is 0 Å². The molecule has 0 aliphatic carbocycles. The Labute approximate surface area is 156 Å². The minimum absolute atomic E-state index is 0.0516. The molecule has 3 aromatic heterocycles. The van der Waals surface area contributed by atoms with Crippen molar-refractivity contribution >= 4 is 23.1 Å². The number of rotatable bonds is 3. The minimum Gasteiger partial charge on any atom is -0.341 e. The molecule has 0 bridgehead atoms. The molecule has 0 spiro atoms. The Kier molecular flexibility index (Phi) is 3.53. The first-order valence-corrected chi connectivity index (χ1v) is 9.09. The van der Waals surface area contributed by atoms with E-state index in [1.54, 1.807) is 22.0 Å². The standard InChI is InChI=1S/C19H20N6O2/c1-22-11-15(8-21-22)25-10-13-9-23(12-16(13)19(25)27)18(26)6-14-7-20-17-4-2-3-5-24(14)17/h2-5,7-8,11,13,16H,6,9-10,12H2,1H3/t13-,16-/m0/s1. The number of imidazole rings is 1. The highest BCUT2D eigenvalue weighted by molar-refractivity contribution is 5.98. The Bertz CT molecular complexity index is 1040. The van der Waals surface area contributed by atoms with E-state index in [4.69, 9.17) is 0 Å². The van der Waals surface area contributed by atoms with Crippen molar-refractivity contribution in [2.24, 2.45) is 18.9 Å². The van der Waals surface area contributed by atoms with E-state index in [1.807, 2.05) is 46.9 Å². The Morgan fingerprint density at radius 1 is 1.22 bits per heavy atom. The van der Waals surface area contributed by atoms with Gasteiger partial charge in [-0.2, -0.15) is 5.10 Å². The highest BCUT2D eigenvalue weighted by Crippen LogP contribution is 2.35. The highest BCUT2D eigenvalue weighted by atomic mass is 16.2. The van der Waals surface area contributed by atoms with Crippen molar-refractivity contribution in [3.63, 3.8) is 0 Å². The lowest BCUT2D eigenvalue weighted by molar-refractivity contribution is -0.130. The Morgan fingerprint density at radius 3 is 2.89 bits per heavy atom. The number of likely N-dealkylation sites (tertiary alicyclic amines) is 1. The number of pyridine rings is 1. The fraction of sp³-hybridized carbons (Fsp3) is 0.368. The van der Waals surface area contributed by atoms with Gasteiger partial charge in [0.2, 0.25) is 11.8 Å². The van der Waals surface area contributed by atoms with Gasteiger partial charge >= 0.3 is 0 Å². The molecule has 2 amide bonds. The summed E-state index contributed by atoms with van der Waals surface area (Å²) in [6, 6.07) is 5.77. The third-order valence-electron chi connectivity index (χ3n) is 5.62. The number of nitrogens with zero attached hydrogens (tertiary/aromatic N) is 6. The number of anilines is 1. The van der Waals surface area contributed by atoms with Gasteiger partial charge in [0.15, 0.2) is 0 Å². The van der Waals surface area contributed by atoms with Crippen LogP contribution in [0.5, 0.6) is 0 Å². The molecule has 0 saturated carbocycles. The molecule has 0 N–H and O–H groups in total. The van der Waals surface area contributed by atoms with E-state index in [9.17, 15) is 9.59 Å². The Balaban J connectivity index is 1.28. The third-order valence-corrected chi connectivity index (χ3v) is 5.62. The molecule has 5 heterocycles. The SMILES string of the molecule is Cn1cc(N2C[C@@H]3CN(C(=O)Cc4cnc5ccccn45)C[C@@H]3C2=O)cn1. The van der Waals surface area contributed by atoms with Crippen molar-refractivity contribution in [1.82, 2.24) is 24.1 Å².